The number of amides is 1. The molecule has 4 nitrogen and oxygen atoms in total. The molecule has 0 saturated heterocycles. The van der Waals surface area contributed by atoms with Gasteiger partial charge in [-0.15, -0.1) is 0 Å². The molecule has 0 aliphatic carbocycles. The van der Waals surface area contributed by atoms with Gasteiger partial charge in [-0.2, -0.15) is 0 Å². The number of nitrogens with zero attached hydrogens (tertiary/aromatic N) is 2. The van der Waals surface area contributed by atoms with Gasteiger partial charge in [0.15, 0.2) is 0 Å². The van der Waals surface area contributed by atoms with Crippen LogP contribution in [0.25, 0.3) is 0 Å². The summed E-state index contributed by atoms with van der Waals surface area (Å²) in [5, 5.41) is 0. The molecule has 1 unspecified atom stereocenters. The van der Waals surface area contributed by atoms with Crippen molar-refractivity contribution in [2.45, 2.75) is 26.4 Å². The van der Waals surface area contributed by atoms with Crippen LogP contribution in [0.2, 0.25) is 0 Å². The van der Waals surface area contributed by atoms with Crippen molar-refractivity contribution < 1.29 is 4.79 Å². The van der Waals surface area contributed by atoms with E-state index in [0.717, 1.165) is 12.2 Å². The highest BCUT2D eigenvalue weighted by Gasteiger charge is 2.11. The number of nitrogens with two attached hydrogens (primary N) is 1. The van der Waals surface area contributed by atoms with E-state index in [1.807, 2.05) is 36.7 Å². The van der Waals surface area contributed by atoms with E-state index < -0.39 is 0 Å². The molecule has 0 fully saturated rings. The van der Waals surface area contributed by atoms with E-state index in [-0.39, 0.29) is 11.9 Å². The van der Waals surface area contributed by atoms with Gasteiger partial charge in [0.05, 0.1) is 0 Å². The number of carbonyl (C=O) groups is 1. The Balaban J connectivity index is 2.72. The normalized spacial score (nSPS) is 12.5. The third-order valence-corrected chi connectivity index (χ3v) is 2.54. The highest BCUT2D eigenvalue weighted by molar-refractivity contribution is 5.75. The lowest BCUT2D eigenvalue weighted by Gasteiger charge is -2.17. The molecule has 84 valence electrons. The molecule has 0 radical (unpaired) electrons. The molecule has 1 amide bonds. The predicted molar refractivity (Wildman–Crippen MR) is 60.3 cm³/mol. The predicted octanol–water partition coefficient (Wildman–Crippen LogP) is 0.986. The average Bonchev–Trinajstić information content (AvgIpc) is 2.64. The van der Waals surface area contributed by atoms with Gasteiger partial charge in [-0.3, -0.25) is 4.79 Å². The summed E-state index contributed by atoms with van der Waals surface area (Å²) in [5.41, 5.74) is 6.79. The summed E-state index contributed by atoms with van der Waals surface area (Å²) in [6.07, 6.45) is 1.89. The monoisotopic (exact) mass is 209 g/mol. The summed E-state index contributed by atoms with van der Waals surface area (Å²) in [4.78, 5) is 13.4. The van der Waals surface area contributed by atoms with Crippen LogP contribution >= 0.6 is 0 Å². The quantitative estimate of drug-likeness (QED) is 0.804. The highest BCUT2D eigenvalue weighted by atomic mass is 16.2. The number of carbonyl (C=O) groups excluding carboxylic acids is 1. The van der Waals surface area contributed by atoms with Crippen molar-refractivity contribution in [3.63, 3.8) is 0 Å². The molecule has 0 bridgehead atoms. The van der Waals surface area contributed by atoms with Gasteiger partial charge in [0.1, 0.15) is 6.54 Å². The maximum atomic E-state index is 11.7. The average molecular weight is 209 g/mol. The van der Waals surface area contributed by atoms with Crippen LogP contribution < -0.4 is 5.73 Å². The van der Waals surface area contributed by atoms with Crippen molar-refractivity contribution in [2.75, 3.05) is 13.6 Å². The molecule has 1 heterocycles. The maximum Gasteiger partial charge on any atom is 0.242 e. The largest absolute Gasteiger partial charge is 0.344 e. The fourth-order valence-electron chi connectivity index (χ4n) is 1.43. The van der Waals surface area contributed by atoms with E-state index in [9.17, 15) is 4.79 Å². The molecule has 0 spiro atoms. The summed E-state index contributed by atoms with van der Waals surface area (Å²) < 4.78 is 1.90. The van der Waals surface area contributed by atoms with Crippen molar-refractivity contribution in [1.29, 1.82) is 0 Å². The van der Waals surface area contributed by atoms with Gasteiger partial charge in [0, 0.05) is 31.5 Å². The molecular formula is C11H19N3O. The Kier molecular flexibility index (Phi) is 3.91. The number of likely N-dealkylation sites (N-methyl/N-ethyl adjacent to an activating group) is 1. The van der Waals surface area contributed by atoms with E-state index in [1.165, 1.54) is 0 Å². The van der Waals surface area contributed by atoms with E-state index in [2.05, 4.69) is 0 Å². The fourth-order valence-corrected chi connectivity index (χ4v) is 1.43. The third kappa shape index (κ3) is 2.83. The Morgan fingerprint density at radius 3 is 2.87 bits per heavy atom. The van der Waals surface area contributed by atoms with Crippen molar-refractivity contribution in [3.8, 4) is 0 Å². The molecule has 15 heavy (non-hydrogen) atoms. The van der Waals surface area contributed by atoms with Crippen LogP contribution in [0.3, 0.4) is 0 Å². The molecular weight excluding hydrogens is 190 g/mol. The summed E-state index contributed by atoms with van der Waals surface area (Å²) in [5.74, 6) is 0.107. The van der Waals surface area contributed by atoms with Gasteiger partial charge < -0.3 is 15.2 Å². The maximum absolute atomic E-state index is 11.7. The van der Waals surface area contributed by atoms with E-state index in [1.54, 1.807) is 11.9 Å². The minimum Gasteiger partial charge on any atom is -0.344 e. The zero-order valence-electron chi connectivity index (χ0n) is 9.60. The molecule has 1 aromatic heterocycles. The molecule has 0 saturated carbocycles. The molecule has 0 aliphatic rings. The first-order valence-electron chi connectivity index (χ1n) is 5.20. The second-order valence-electron chi connectivity index (χ2n) is 3.76. The minimum atomic E-state index is -0.0419. The van der Waals surface area contributed by atoms with E-state index in [0.29, 0.717) is 6.54 Å². The summed E-state index contributed by atoms with van der Waals surface area (Å²) in [7, 11) is 1.80. The molecule has 1 rings (SSSR count). The van der Waals surface area contributed by atoms with Gasteiger partial charge in [0.25, 0.3) is 0 Å². The summed E-state index contributed by atoms with van der Waals surface area (Å²) in [6.45, 7) is 4.97. The number of hydrogen-bond acceptors (Lipinski definition) is 2. The Morgan fingerprint density at radius 1 is 1.67 bits per heavy atom. The van der Waals surface area contributed by atoms with Crippen LogP contribution in [-0.4, -0.2) is 29.0 Å². The summed E-state index contributed by atoms with van der Waals surface area (Å²) in [6, 6.07) is 3.82. The van der Waals surface area contributed by atoms with Crippen molar-refractivity contribution in [2.24, 2.45) is 5.73 Å². The van der Waals surface area contributed by atoms with Gasteiger partial charge in [-0.25, -0.2) is 0 Å². The smallest absolute Gasteiger partial charge is 0.242 e. The Labute approximate surface area is 90.7 Å². The number of aromatic nitrogens is 1. The van der Waals surface area contributed by atoms with Gasteiger partial charge in [-0.05, 0) is 26.0 Å². The first-order valence-corrected chi connectivity index (χ1v) is 5.20. The molecule has 0 aromatic carbocycles. The van der Waals surface area contributed by atoms with Crippen LogP contribution in [0.4, 0.5) is 0 Å². The van der Waals surface area contributed by atoms with Gasteiger partial charge in [-0.1, -0.05) is 0 Å². The molecule has 2 N–H and O–H groups in total. The lowest BCUT2D eigenvalue weighted by molar-refractivity contribution is -0.130. The fraction of sp³-hybridized carbons (Fsp3) is 0.545. The Bertz CT molecular complexity index is 330. The first kappa shape index (κ1) is 11.8. The van der Waals surface area contributed by atoms with Crippen LogP contribution in [-0.2, 0) is 11.3 Å². The Hall–Kier alpha value is -1.29. The van der Waals surface area contributed by atoms with Crippen LogP contribution in [0, 0.1) is 0 Å². The molecule has 1 atom stereocenters. The van der Waals surface area contributed by atoms with E-state index in [4.69, 9.17) is 5.73 Å². The molecule has 0 aliphatic heterocycles. The molecule has 1 aromatic rings. The zero-order valence-corrected chi connectivity index (χ0v) is 9.60. The van der Waals surface area contributed by atoms with Crippen LogP contribution in [0.5, 0.6) is 0 Å². The van der Waals surface area contributed by atoms with Crippen LogP contribution in [0.15, 0.2) is 18.3 Å². The Morgan fingerprint density at radius 2 is 2.33 bits per heavy atom. The van der Waals surface area contributed by atoms with Gasteiger partial charge in [0.2, 0.25) is 5.91 Å². The molecule has 4 heteroatoms. The highest BCUT2D eigenvalue weighted by Crippen LogP contribution is 2.10. The first-order chi connectivity index (χ1) is 7.06. The van der Waals surface area contributed by atoms with E-state index >= 15 is 0 Å². The SMILES string of the molecule is CCN(C)C(=O)Cn1cccc1C(C)N. The minimum absolute atomic E-state index is 0.0419. The standard InChI is InChI=1S/C11H19N3O/c1-4-13(3)11(15)8-14-7-5-6-10(14)9(2)12/h5-7,9H,4,8,12H2,1-3H3. The summed E-state index contributed by atoms with van der Waals surface area (Å²) >= 11 is 0. The second-order valence-corrected chi connectivity index (χ2v) is 3.76. The van der Waals surface area contributed by atoms with Crippen molar-refractivity contribution in [3.05, 3.63) is 24.0 Å². The van der Waals surface area contributed by atoms with Crippen molar-refractivity contribution >= 4 is 5.91 Å². The lowest BCUT2D eigenvalue weighted by Crippen LogP contribution is -2.30. The lowest BCUT2D eigenvalue weighted by atomic mass is 10.2. The second kappa shape index (κ2) is 4.98. The van der Waals surface area contributed by atoms with Crippen LogP contribution in [0.1, 0.15) is 25.6 Å². The number of rotatable bonds is 4. The zero-order chi connectivity index (χ0) is 11.4. The van der Waals surface area contributed by atoms with Crippen molar-refractivity contribution in [1.82, 2.24) is 9.47 Å². The third-order valence-electron chi connectivity index (χ3n) is 2.54. The topological polar surface area (TPSA) is 51.3 Å². The number of hydrogen-bond donors (Lipinski definition) is 1. The van der Waals surface area contributed by atoms with Gasteiger partial charge >= 0.3 is 0 Å².